The molecule has 0 aliphatic rings. The lowest BCUT2D eigenvalue weighted by molar-refractivity contribution is -0.141. The highest BCUT2D eigenvalue weighted by atomic mass is 19.4. The highest BCUT2D eigenvalue weighted by molar-refractivity contribution is 5.83. The van der Waals surface area contributed by atoms with Crippen molar-refractivity contribution < 1.29 is 27.5 Å². The molecule has 3 rings (SSSR count). The fraction of sp³-hybridized carbons (Fsp3) is 0.308. The molecule has 0 saturated heterocycles. The number of alkyl halides is 3. The van der Waals surface area contributed by atoms with Gasteiger partial charge in [0.15, 0.2) is 0 Å². The van der Waals surface area contributed by atoms with Crippen molar-refractivity contribution in [1.29, 1.82) is 0 Å². The summed E-state index contributed by atoms with van der Waals surface area (Å²) in [5, 5.41) is 15.1. The van der Waals surface area contributed by atoms with E-state index in [0.717, 1.165) is 11.6 Å². The maximum Gasteiger partial charge on any atom is 0.433 e. The van der Waals surface area contributed by atoms with Gasteiger partial charge in [0.25, 0.3) is 0 Å². The van der Waals surface area contributed by atoms with Crippen LogP contribution in [0.3, 0.4) is 0 Å². The summed E-state index contributed by atoms with van der Waals surface area (Å²) in [6.45, 7) is 1.51. The van der Waals surface area contributed by atoms with Crippen molar-refractivity contribution in [1.82, 2.24) is 15.6 Å². The van der Waals surface area contributed by atoms with E-state index in [4.69, 9.17) is 5.11 Å². The van der Waals surface area contributed by atoms with Crippen LogP contribution in [0.1, 0.15) is 46.5 Å². The van der Waals surface area contributed by atoms with Gasteiger partial charge in [0.2, 0.25) is 5.91 Å². The molecule has 1 unspecified atom stereocenters. The Kier molecular flexibility index (Phi) is 8.95. The van der Waals surface area contributed by atoms with Crippen LogP contribution in [0, 0.1) is 12.7 Å². The number of aliphatic hydroxyl groups is 1. The summed E-state index contributed by atoms with van der Waals surface area (Å²) < 4.78 is 52.4. The number of hydrogen-bond acceptors (Lipinski definition) is 4. The zero-order chi connectivity index (χ0) is 25.4. The monoisotopic (exact) mass is 489 g/mol. The average molecular weight is 490 g/mol. The zero-order valence-electron chi connectivity index (χ0n) is 19.1. The summed E-state index contributed by atoms with van der Waals surface area (Å²) in [5.74, 6) is -0.704. The number of halogens is 4. The Morgan fingerprint density at radius 2 is 1.80 bits per heavy atom. The number of aliphatic hydroxyl groups excluding tert-OH is 1. The maximum absolute atomic E-state index is 13.9. The second kappa shape index (κ2) is 11.9. The third-order valence-corrected chi connectivity index (χ3v) is 5.60. The summed E-state index contributed by atoms with van der Waals surface area (Å²) in [5.41, 5.74) is 1.51. The molecule has 35 heavy (non-hydrogen) atoms. The number of rotatable bonds is 10. The van der Waals surface area contributed by atoms with Gasteiger partial charge in [0.05, 0.1) is 6.61 Å². The van der Waals surface area contributed by atoms with Crippen molar-refractivity contribution in [2.24, 2.45) is 0 Å². The van der Waals surface area contributed by atoms with Crippen LogP contribution >= 0.6 is 0 Å². The molecule has 0 bridgehead atoms. The number of nitrogens with one attached hydrogen (secondary N) is 2. The van der Waals surface area contributed by atoms with Crippen LogP contribution in [0.5, 0.6) is 0 Å². The molecule has 2 atom stereocenters. The van der Waals surface area contributed by atoms with E-state index in [1.807, 2.05) is 6.07 Å². The topological polar surface area (TPSA) is 74.2 Å². The number of aromatic nitrogens is 1. The first-order valence-electron chi connectivity index (χ1n) is 11.2. The van der Waals surface area contributed by atoms with Crippen LogP contribution in [0.15, 0.2) is 66.9 Å². The first-order chi connectivity index (χ1) is 16.7. The quantitative estimate of drug-likeness (QED) is 0.362. The lowest BCUT2D eigenvalue weighted by Crippen LogP contribution is -2.40. The van der Waals surface area contributed by atoms with E-state index in [9.17, 15) is 22.4 Å². The second-order valence-corrected chi connectivity index (χ2v) is 8.17. The SMILES string of the molecule is Cc1cc([C@@H](CCc2ccc(C(F)(F)F)nc2)NC(C(=O)NCCO)c2ccccc2)ccc1F. The number of pyridine rings is 1. The molecule has 3 aromatic rings. The van der Waals surface area contributed by atoms with E-state index < -0.39 is 24.0 Å². The van der Waals surface area contributed by atoms with Gasteiger partial charge in [0.1, 0.15) is 17.6 Å². The van der Waals surface area contributed by atoms with Crippen molar-refractivity contribution in [3.63, 3.8) is 0 Å². The van der Waals surface area contributed by atoms with E-state index in [-0.39, 0.29) is 24.9 Å². The van der Waals surface area contributed by atoms with Crippen molar-refractivity contribution in [2.75, 3.05) is 13.2 Å². The first kappa shape index (κ1) is 26.3. The largest absolute Gasteiger partial charge is 0.433 e. The third-order valence-electron chi connectivity index (χ3n) is 5.60. The Hall–Kier alpha value is -3.30. The van der Waals surface area contributed by atoms with Gasteiger partial charge >= 0.3 is 6.18 Å². The smallest absolute Gasteiger partial charge is 0.395 e. The van der Waals surface area contributed by atoms with E-state index >= 15 is 0 Å². The number of amides is 1. The fourth-order valence-electron chi connectivity index (χ4n) is 3.73. The fourth-order valence-corrected chi connectivity index (χ4v) is 3.73. The lowest BCUT2D eigenvalue weighted by Gasteiger charge is -2.26. The van der Waals surface area contributed by atoms with Gasteiger partial charge < -0.3 is 10.4 Å². The van der Waals surface area contributed by atoms with Gasteiger partial charge in [-0.15, -0.1) is 0 Å². The molecule has 186 valence electrons. The first-order valence-corrected chi connectivity index (χ1v) is 11.2. The highest BCUT2D eigenvalue weighted by Crippen LogP contribution is 2.29. The normalized spacial score (nSPS) is 13.3. The third kappa shape index (κ3) is 7.34. The molecule has 1 heterocycles. The Bertz CT molecular complexity index is 1110. The molecular formula is C26H27F4N3O2. The lowest BCUT2D eigenvalue weighted by atomic mass is 9.95. The predicted molar refractivity (Wildman–Crippen MR) is 124 cm³/mol. The van der Waals surface area contributed by atoms with Crippen LogP contribution in [-0.2, 0) is 17.4 Å². The zero-order valence-corrected chi connectivity index (χ0v) is 19.1. The summed E-state index contributed by atoms with van der Waals surface area (Å²) in [4.78, 5) is 16.4. The molecule has 9 heteroatoms. The molecule has 5 nitrogen and oxygen atoms in total. The van der Waals surface area contributed by atoms with Crippen LogP contribution in [0.4, 0.5) is 17.6 Å². The van der Waals surface area contributed by atoms with E-state index in [2.05, 4.69) is 15.6 Å². The molecule has 1 aromatic heterocycles. The standard InChI is InChI=1S/C26H27F4N3O2/c1-17-15-20(9-10-21(17)27)22(11-7-18-8-12-23(32-16-18)26(28,29)30)33-24(25(35)31-13-14-34)19-5-3-2-4-6-19/h2-6,8-10,12,15-16,22,24,33-34H,7,11,13-14H2,1H3,(H,31,35)/t22-,24?/m1/s1. The van der Waals surface area contributed by atoms with E-state index in [1.54, 1.807) is 43.3 Å². The Balaban J connectivity index is 1.88. The second-order valence-electron chi connectivity index (χ2n) is 8.17. The van der Waals surface area contributed by atoms with Gasteiger partial charge in [-0.2, -0.15) is 13.2 Å². The maximum atomic E-state index is 13.9. The molecule has 0 spiro atoms. The van der Waals surface area contributed by atoms with Gasteiger partial charge in [-0.05, 0) is 54.2 Å². The van der Waals surface area contributed by atoms with E-state index in [1.165, 1.54) is 18.3 Å². The van der Waals surface area contributed by atoms with Gasteiger partial charge in [0, 0.05) is 18.8 Å². The molecule has 2 aromatic carbocycles. The summed E-state index contributed by atoms with van der Waals surface area (Å²) >= 11 is 0. The Morgan fingerprint density at radius 1 is 1.06 bits per heavy atom. The molecule has 0 aliphatic carbocycles. The molecule has 0 radical (unpaired) electrons. The molecule has 0 saturated carbocycles. The molecule has 3 N–H and O–H groups in total. The minimum atomic E-state index is -4.51. The van der Waals surface area contributed by atoms with Crippen LogP contribution in [0.25, 0.3) is 0 Å². The number of benzene rings is 2. The molecule has 0 fully saturated rings. The van der Waals surface area contributed by atoms with Crippen LogP contribution in [-0.4, -0.2) is 29.1 Å². The Labute approximate surface area is 201 Å². The molecular weight excluding hydrogens is 462 g/mol. The Morgan fingerprint density at radius 3 is 2.40 bits per heavy atom. The number of nitrogens with zero attached hydrogens (tertiary/aromatic N) is 1. The predicted octanol–water partition coefficient (Wildman–Crippen LogP) is 4.66. The minimum Gasteiger partial charge on any atom is -0.395 e. The number of hydrogen-bond donors (Lipinski definition) is 3. The molecule has 0 aliphatic heterocycles. The number of carbonyl (C=O) groups is 1. The van der Waals surface area contributed by atoms with Gasteiger partial charge in [-0.3, -0.25) is 15.1 Å². The number of carbonyl (C=O) groups excluding carboxylic acids is 1. The van der Waals surface area contributed by atoms with Crippen molar-refractivity contribution in [3.8, 4) is 0 Å². The number of aryl methyl sites for hydroxylation is 2. The van der Waals surface area contributed by atoms with Crippen LogP contribution < -0.4 is 10.6 Å². The highest BCUT2D eigenvalue weighted by Gasteiger charge is 2.32. The van der Waals surface area contributed by atoms with Crippen molar-refractivity contribution in [3.05, 3.63) is 101 Å². The summed E-state index contributed by atoms with van der Waals surface area (Å²) in [7, 11) is 0. The van der Waals surface area contributed by atoms with Gasteiger partial charge in [-0.25, -0.2) is 4.39 Å². The molecule has 1 amide bonds. The van der Waals surface area contributed by atoms with Gasteiger partial charge in [-0.1, -0.05) is 48.5 Å². The van der Waals surface area contributed by atoms with E-state index in [0.29, 0.717) is 29.5 Å². The summed E-state index contributed by atoms with van der Waals surface area (Å²) in [6, 6.07) is 14.8. The average Bonchev–Trinajstić information content (AvgIpc) is 2.84. The van der Waals surface area contributed by atoms with Crippen molar-refractivity contribution >= 4 is 5.91 Å². The minimum absolute atomic E-state index is 0.0847. The van der Waals surface area contributed by atoms with Crippen molar-refractivity contribution in [2.45, 2.75) is 38.0 Å². The summed E-state index contributed by atoms with van der Waals surface area (Å²) in [6.07, 6.45) is -2.54. The van der Waals surface area contributed by atoms with Crippen LogP contribution in [0.2, 0.25) is 0 Å².